The second-order valence-electron chi connectivity index (χ2n) is 3.73. The van der Waals surface area contributed by atoms with Crippen LogP contribution in [0.1, 0.15) is 35.5 Å². The van der Waals surface area contributed by atoms with Crippen molar-refractivity contribution in [3.8, 4) is 0 Å². The molecule has 0 saturated heterocycles. The summed E-state index contributed by atoms with van der Waals surface area (Å²) in [5.74, 6) is 0.238. The van der Waals surface area contributed by atoms with Crippen molar-refractivity contribution in [1.82, 2.24) is 5.32 Å². The van der Waals surface area contributed by atoms with E-state index in [1.54, 1.807) is 11.3 Å². The lowest BCUT2D eigenvalue weighted by Gasteiger charge is -2.06. The number of hydrogen-bond donors (Lipinski definition) is 1. The number of thiophene rings is 1. The van der Waals surface area contributed by atoms with Gasteiger partial charge in [-0.3, -0.25) is 4.79 Å². The zero-order valence-corrected chi connectivity index (χ0v) is 11.0. The molecule has 2 nitrogen and oxygen atoms in total. The fraction of sp³-hybridized carbons (Fsp3) is 0.545. The SMILES string of the molecule is Cc1cc(C(=O)CCNC(C)C)cs1.Cl. The number of carbonyl (C=O) groups is 1. The van der Waals surface area contributed by atoms with Crippen LogP contribution in [0.4, 0.5) is 0 Å². The van der Waals surface area contributed by atoms with Gasteiger partial charge in [-0.05, 0) is 13.0 Å². The van der Waals surface area contributed by atoms with Gasteiger partial charge in [0.25, 0.3) is 0 Å². The van der Waals surface area contributed by atoms with Crippen LogP contribution in [0.15, 0.2) is 11.4 Å². The summed E-state index contributed by atoms with van der Waals surface area (Å²) in [6.07, 6.45) is 0.592. The molecule has 0 fully saturated rings. The molecular formula is C11H18ClNOS. The van der Waals surface area contributed by atoms with Crippen molar-refractivity contribution < 1.29 is 4.79 Å². The van der Waals surface area contributed by atoms with Crippen LogP contribution in [0.3, 0.4) is 0 Å². The molecule has 0 aromatic carbocycles. The minimum absolute atomic E-state index is 0. The van der Waals surface area contributed by atoms with Crippen LogP contribution in [-0.2, 0) is 0 Å². The van der Waals surface area contributed by atoms with Crippen molar-refractivity contribution in [2.45, 2.75) is 33.2 Å². The highest BCUT2D eigenvalue weighted by atomic mass is 35.5. The first-order valence-electron chi connectivity index (χ1n) is 4.91. The Hall–Kier alpha value is -0.380. The average molecular weight is 248 g/mol. The Morgan fingerprint density at radius 2 is 2.20 bits per heavy atom. The zero-order valence-electron chi connectivity index (χ0n) is 9.37. The molecule has 1 rings (SSSR count). The molecule has 15 heavy (non-hydrogen) atoms. The Morgan fingerprint density at radius 1 is 1.53 bits per heavy atom. The number of rotatable bonds is 5. The van der Waals surface area contributed by atoms with E-state index in [0.29, 0.717) is 12.5 Å². The van der Waals surface area contributed by atoms with Crippen LogP contribution in [0.2, 0.25) is 0 Å². The van der Waals surface area contributed by atoms with Gasteiger partial charge in [-0.2, -0.15) is 0 Å². The largest absolute Gasteiger partial charge is 0.314 e. The molecule has 0 aliphatic heterocycles. The summed E-state index contributed by atoms with van der Waals surface area (Å²) in [4.78, 5) is 12.8. The van der Waals surface area contributed by atoms with Crippen LogP contribution >= 0.6 is 23.7 Å². The minimum atomic E-state index is 0. The predicted molar refractivity (Wildman–Crippen MR) is 68.4 cm³/mol. The molecular weight excluding hydrogens is 230 g/mol. The topological polar surface area (TPSA) is 29.1 Å². The second-order valence-corrected chi connectivity index (χ2v) is 4.84. The van der Waals surface area contributed by atoms with Crippen molar-refractivity contribution in [2.24, 2.45) is 0 Å². The third kappa shape index (κ3) is 5.30. The molecule has 86 valence electrons. The Morgan fingerprint density at radius 3 is 2.67 bits per heavy atom. The smallest absolute Gasteiger partial charge is 0.164 e. The first-order valence-corrected chi connectivity index (χ1v) is 5.79. The molecule has 1 heterocycles. The predicted octanol–water partition coefficient (Wildman–Crippen LogP) is 3.05. The minimum Gasteiger partial charge on any atom is -0.314 e. The van der Waals surface area contributed by atoms with E-state index in [9.17, 15) is 4.79 Å². The van der Waals surface area contributed by atoms with Crippen LogP contribution in [0, 0.1) is 6.92 Å². The van der Waals surface area contributed by atoms with Crippen LogP contribution in [0.25, 0.3) is 0 Å². The van der Waals surface area contributed by atoms with Gasteiger partial charge in [-0.1, -0.05) is 13.8 Å². The molecule has 0 spiro atoms. The second kappa shape index (κ2) is 6.99. The van der Waals surface area contributed by atoms with Gasteiger partial charge in [-0.15, -0.1) is 23.7 Å². The highest BCUT2D eigenvalue weighted by Gasteiger charge is 2.06. The summed E-state index contributed by atoms with van der Waals surface area (Å²) in [6, 6.07) is 2.41. The molecule has 0 amide bonds. The molecule has 1 aromatic rings. The number of Topliss-reactive ketones (excluding diaryl/α,β-unsaturated/α-hetero) is 1. The Kier molecular flexibility index (Phi) is 6.81. The van der Waals surface area contributed by atoms with E-state index < -0.39 is 0 Å². The van der Waals surface area contributed by atoms with Crippen molar-refractivity contribution >= 4 is 29.5 Å². The Balaban J connectivity index is 0.00000196. The van der Waals surface area contributed by atoms with E-state index in [1.165, 1.54) is 4.88 Å². The summed E-state index contributed by atoms with van der Waals surface area (Å²) >= 11 is 1.63. The van der Waals surface area contributed by atoms with Gasteiger partial charge in [0, 0.05) is 34.8 Å². The van der Waals surface area contributed by atoms with Gasteiger partial charge < -0.3 is 5.32 Å². The average Bonchev–Trinajstić information content (AvgIpc) is 2.51. The number of nitrogens with one attached hydrogen (secondary N) is 1. The lowest BCUT2D eigenvalue weighted by Crippen LogP contribution is -2.25. The number of halogens is 1. The fourth-order valence-corrected chi connectivity index (χ4v) is 1.92. The van der Waals surface area contributed by atoms with Gasteiger partial charge in [0.2, 0.25) is 0 Å². The summed E-state index contributed by atoms with van der Waals surface area (Å²) in [7, 11) is 0. The van der Waals surface area contributed by atoms with Crippen molar-refractivity contribution in [2.75, 3.05) is 6.54 Å². The van der Waals surface area contributed by atoms with Crippen LogP contribution in [0.5, 0.6) is 0 Å². The molecule has 0 atom stereocenters. The maximum absolute atomic E-state index is 11.6. The first kappa shape index (κ1) is 14.6. The summed E-state index contributed by atoms with van der Waals surface area (Å²) in [5.41, 5.74) is 0.859. The molecule has 0 saturated carbocycles. The van der Waals surface area contributed by atoms with E-state index in [4.69, 9.17) is 0 Å². The highest BCUT2D eigenvalue weighted by molar-refractivity contribution is 7.10. The normalized spacial score (nSPS) is 10.1. The Bertz CT molecular complexity index is 309. The standard InChI is InChI=1S/C11H17NOS.ClH/c1-8(2)12-5-4-11(13)10-6-9(3)14-7-10;/h6-8,12H,4-5H2,1-3H3;1H. The zero-order chi connectivity index (χ0) is 10.6. The molecule has 4 heteroatoms. The molecule has 0 unspecified atom stereocenters. The highest BCUT2D eigenvalue weighted by Crippen LogP contribution is 2.14. The molecule has 1 aromatic heterocycles. The maximum Gasteiger partial charge on any atom is 0.164 e. The number of aryl methyl sites for hydroxylation is 1. The third-order valence-electron chi connectivity index (χ3n) is 1.96. The van der Waals surface area contributed by atoms with E-state index in [1.807, 2.05) is 18.4 Å². The number of carbonyl (C=O) groups excluding carboxylic acids is 1. The fourth-order valence-electron chi connectivity index (χ4n) is 1.21. The summed E-state index contributed by atoms with van der Waals surface area (Å²) < 4.78 is 0. The van der Waals surface area contributed by atoms with Gasteiger partial charge in [0.1, 0.15) is 0 Å². The quantitative estimate of drug-likeness (QED) is 0.811. The van der Waals surface area contributed by atoms with E-state index in [-0.39, 0.29) is 18.2 Å². The van der Waals surface area contributed by atoms with E-state index >= 15 is 0 Å². The van der Waals surface area contributed by atoms with Crippen LogP contribution in [-0.4, -0.2) is 18.4 Å². The summed E-state index contributed by atoms with van der Waals surface area (Å²) in [6.45, 7) is 6.96. The first-order chi connectivity index (χ1) is 6.59. The maximum atomic E-state index is 11.6. The van der Waals surface area contributed by atoms with Gasteiger partial charge in [0.15, 0.2) is 5.78 Å². The van der Waals surface area contributed by atoms with Gasteiger partial charge in [0.05, 0.1) is 0 Å². The van der Waals surface area contributed by atoms with E-state index in [2.05, 4.69) is 19.2 Å². The Labute approximate surface area is 101 Å². The van der Waals surface area contributed by atoms with Gasteiger partial charge in [-0.25, -0.2) is 0 Å². The lowest BCUT2D eigenvalue weighted by molar-refractivity contribution is 0.0982. The van der Waals surface area contributed by atoms with Crippen molar-refractivity contribution in [3.05, 3.63) is 21.9 Å². The van der Waals surface area contributed by atoms with E-state index in [0.717, 1.165) is 12.1 Å². The lowest BCUT2D eigenvalue weighted by atomic mass is 10.1. The monoisotopic (exact) mass is 247 g/mol. The van der Waals surface area contributed by atoms with Crippen LogP contribution < -0.4 is 5.32 Å². The van der Waals surface area contributed by atoms with Crippen molar-refractivity contribution in [1.29, 1.82) is 0 Å². The summed E-state index contributed by atoms with van der Waals surface area (Å²) in [5, 5.41) is 5.17. The molecule has 0 aliphatic rings. The van der Waals surface area contributed by atoms with Crippen molar-refractivity contribution in [3.63, 3.8) is 0 Å². The molecule has 0 radical (unpaired) electrons. The molecule has 0 bridgehead atoms. The number of hydrogen-bond acceptors (Lipinski definition) is 3. The molecule has 1 N–H and O–H groups in total. The number of ketones is 1. The van der Waals surface area contributed by atoms with Gasteiger partial charge >= 0.3 is 0 Å². The third-order valence-corrected chi connectivity index (χ3v) is 2.82. The molecule has 0 aliphatic carbocycles.